The normalized spacial score (nSPS) is 10.8. The highest BCUT2D eigenvalue weighted by atomic mass is 35.5. The summed E-state index contributed by atoms with van der Waals surface area (Å²) in [5, 5.41) is 0. The summed E-state index contributed by atoms with van der Waals surface area (Å²) in [6.07, 6.45) is 6.23. The van der Waals surface area contributed by atoms with Crippen LogP contribution in [0, 0.1) is 0 Å². The van der Waals surface area contributed by atoms with E-state index in [4.69, 9.17) is 11.6 Å². The predicted octanol–water partition coefficient (Wildman–Crippen LogP) is 2.02. The summed E-state index contributed by atoms with van der Waals surface area (Å²) in [4.78, 5) is 13.8. The van der Waals surface area contributed by atoms with Gasteiger partial charge in [0, 0.05) is 29.9 Å². The van der Waals surface area contributed by atoms with Crippen LogP contribution in [-0.2, 0) is 0 Å². The molecule has 0 aliphatic heterocycles. The van der Waals surface area contributed by atoms with Crippen LogP contribution >= 0.6 is 11.6 Å². The maximum absolute atomic E-state index is 10.8. The molecular weight excluding hydrogens is 174 g/mol. The largest absolute Gasteiger partial charge is 0.361 e. The first-order valence-electron chi connectivity index (χ1n) is 3.74. The van der Waals surface area contributed by atoms with Gasteiger partial charge in [-0.1, -0.05) is 6.08 Å². The molecule has 0 amide bonds. The lowest BCUT2D eigenvalue weighted by atomic mass is 10.3. The lowest BCUT2D eigenvalue weighted by molar-refractivity contribution is 1.23. The summed E-state index contributed by atoms with van der Waals surface area (Å²) in [5.41, 5.74) is 0.826. The van der Waals surface area contributed by atoms with Crippen LogP contribution in [0.15, 0.2) is 29.2 Å². The molecule has 12 heavy (non-hydrogen) atoms. The van der Waals surface area contributed by atoms with Crippen molar-refractivity contribution in [1.82, 2.24) is 4.98 Å². The maximum Gasteiger partial charge on any atom is 0.182 e. The molecule has 0 aromatic carbocycles. The van der Waals surface area contributed by atoms with Gasteiger partial charge in [0.2, 0.25) is 0 Å². The van der Waals surface area contributed by atoms with Crippen molar-refractivity contribution in [2.75, 3.05) is 5.88 Å². The molecule has 0 saturated carbocycles. The number of aromatic nitrogens is 1. The number of aromatic amines is 1. The third kappa shape index (κ3) is 2.93. The second-order valence-corrected chi connectivity index (χ2v) is 2.74. The summed E-state index contributed by atoms with van der Waals surface area (Å²) >= 11 is 5.48. The molecule has 2 nitrogen and oxygen atoms in total. The molecule has 1 aromatic rings. The Morgan fingerprint density at radius 2 is 2.42 bits per heavy atom. The summed E-state index contributed by atoms with van der Waals surface area (Å²) in [5.74, 6) is 0.605. The molecule has 0 radical (unpaired) electrons. The van der Waals surface area contributed by atoms with E-state index in [1.807, 2.05) is 12.2 Å². The highest BCUT2D eigenvalue weighted by Crippen LogP contribution is 1.95. The monoisotopic (exact) mass is 183 g/mol. The first-order chi connectivity index (χ1) is 5.83. The van der Waals surface area contributed by atoms with Gasteiger partial charge in [0.1, 0.15) is 0 Å². The molecule has 0 fully saturated rings. The topological polar surface area (TPSA) is 32.9 Å². The second kappa shape index (κ2) is 4.78. The van der Waals surface area contributed by atoms with E-state index in [1.165, 1.54) is 6.07 Å². The zero-order valence-corrected chi connectivity index (χ0v) is 7.34. The molecule has 64 valence electrons. The van der Waals surface area contributed by atoms with Gasteiger partial charge in [-0.2, -0.15) is 0 Å². The van der Waals surface area contributed by atoms with E-state index in [-0.39, 0.29) is 5.43 Å². The Labute approximate surface area is 75.9 Å². The number of hydrogen-bond acceptors (Lipinski definition) is 1. The average molecular weight is 184 g/mol. The Bertz CT molecular complexity index is 316. The number of nitrogens with one attached hydrogen (secondary N) is 1. The fraction of sp³-hybridized carbons (Fsp3) is 0.222. The summed E-state index contributed by atoms with van der Waals surface area (Å²) < 4.78 is 0. The van der Waals surface area contributed by atoms with Gasteiger partial charge < -0.3 is 4.98 Å². The fourth-order valence-corrected chi connectivity index (χ4v) is 0.959. The summed E-state index contributed by atoms with van der Waals surface area (Å²) in [6, 6.07) is 3.03. The molecule has 3 heteroatoms. The molecular formula is C9H10ClNO. The van der Waals surface area contributed by atoms with Crippen LogP contribution in [0.2, 0.25) is 0 Å². The number of allylic oxidation sites excluding steroid dienone is 1. The van der Waals surface area contributed by atoms with Crippen LogP contribution in [0.25, 0.3) is 6.08 Å². The van der Waals surface area contributed by atoms with E-state index in [9.17, 15) is 4.79 Å². The number of hydrogen-bond donors (Lipinski definition) is 1. The summed E-state index contributed by atoms with van der Waals surface area (Å²) in [7, 11) is 0. The van der Waals surface area contributed by atoms with Crippen molar-refractivity contribution in [3.63, 3.8) is 0 Å². The average Bonchev–Trinajstić information content (AvgIpc) is 2.05. The lowest BCUT2D eigenvalue weighted by Crippen LogP contribution is -1.97. The Balaban J connectivity index is 2.69. The molecule has 0 atom stereocenters. The van der Waals surface area contributed by atoms with Crippen molar-refractivity contribution in [2.45, 2.75) is 6.42 Å². The van der Waals surface area contributed by atoms with Gasteiger partial charge in [-0.25, -0.2) is 0 Å². The van der Waals surface area contributed by atoms with E-state index in [0.717, 1.165) is 12.1 Å². The molecule has 0 saturated heterocycles. The number of H-pyrrole nitrogens is 1. The van der Waals surface area contributed by atoms with Gasteiger partial charge in [0.15, 0.2) is 5.43 Å². The van der Waals surface area contributed by atoms with Crippen LogP contribution in [-0.4, -0.2) is 10.9 Å². The minimum Gasteiger partial charge on any atom is -0.361 e. The van der Waals surface area contributed by atoms with Crippen LogP contribution < -0.4 is 5.43 Å². The number of rotatable bonds is 3. The van der Waals surface area contributed by atoms with E-state index < -0.39 is 0 Å². The molecule has 0 aliphatic rings. The number of alkyl halides is 1. The number of halogens is 1. The van der Waals surface area contributed by atoms with E-state index in [2.05, 4.69) is 4.98 Å². The molecule has 1 N–H and O–H groups in total. The molecule has 1 heterocycles. The van der Waals surface area contributed by atoms with Gasteiger partial charge >= 0.3 is 0 Å². The Morgan fingerprint density at radius 1 is 1.58 bits per heavy atom. The van der Waals surface area contributed by atoms with Crippen molar-refractivity contribution < 1.29 is 0 Å². The van der Waals surface area contributed by atoms with Crippen LogP contribution in [0.3, 0.4) is 0 Å². The smallest absolute Gasteiger partial charge is 0.182 e. The van der Waals surface area contributed by atoms with Gasteiger partial charge in [0.25, 0.3) is 0 Å². The minimum atomic E-state index is 0.0132. The Morgan fingerprint density at radius 3 is 3.08 bits per heavy atom. The summed E-state index contributed by atoms with van der Waals surface area (Å²) in [6.45, 7) is 0. The van der Waals surface area contributed by atoms with Crippen molar-refractivity contribution in [3.8, 4) is 0 Å². The SMILES string of the molecule is O=c1cc[nH]c(C=CCCCl)c1. The highest BCUT2D eigenvalue weighted by Gasteiger charge is 1.85. The third-order valence-corrected chi connectivity index (χ3v) is 1.59. The van der Waals surface area contributed by atoms with E-state index in [0.29, 0.717) is 5.88 Å². The van der Waals surface area contributed by atoms with Gasteiger partial charge in [-0.05, 0) is 12.5 Å². The molecule has 0 bridgehead atoms. The third-order valence-electron chi connectivity index (χ3n) is 1.37. The highest BCUT2D eigenvalue weighted by molar-refractivity contribution is 6.17. The van der Waals surface area contributed by atoms with Crippen LogP contribution in [0.1, 0.15) is 12.1 Å². The van der Waals surface area contributed by atoms with E-state index in [1.54, 1.807) is 12.3 Å². The second-order valence-electron chi connectivity index (χ2n) is 2.36. The zero-order valence-electron chi connectivity index (χ0n) is 6.59. The van der Waals surface area contributed by atoms with Crippen molar-refractivity contribution in [3.05, 3.63) is 40.3 Å². The lowest BCUT2D eigenvalue weighted by Gasteiger charge is -1.90. The van der Waals surface area contributed by atoms with Crippen molar-refractivity contribution >= 4 is 17.7 Å². The molecule has 1 aromatic heterocycles. The van der Waals surface area contributed by atoms with Crippen LogP contribution in [0.4, 0.5) is 0 Å². The van der Waals surface area contributed by atoms with Crippen LogP contribution in [0.5, 0.6) is 0 Å². The Kier molecular flexibility index (Phi) is 3.61. The van der Waals surface area contributed by atoms with Gasteiger partial charge in [-0.15, -0.1) is 11.6 Å². The van der Waals surface area contributed by atoms with Gasteiger partial charge in [0.05, 0.1) is 0 Å². The zero-order chi connectivity index (χ0) is 8.81. The molecule has 1 rings (SSSR count). The van der Waals surface area contributed by atoms with Crippen molar-refractivity contribution in [1.29, 1.82) is 0 Å². The quantitative estimate of drug-likeness (QED) is 0.715. The Hall–Kier alpha value is -1.02. The molecule has 0 aliphatic carbocycles. The number of pyridine rings is 1. The van der Waals surface area contributed by atoms with Crippen molar-refractivity contribution in [2.24, 2.45) is 0 Å². The first kappa shape index (κ1) is 9.07. The maximum atomic E-state index is 10.8. The minimum absolute atomic E-state index is 0.0132. The first-order valence-corrected chi connectivity index (χ1v) is 4.27. The predicted molar refractivity (Wildman–Crippen MR) is 51.4 cm³/mol. The molecule has 0 unspecified atom stereocenters. The standard InChI is InChI=1S/C9H10ClNO/c10-5-2-1-3-8-7-9(12)4-6-11-8/h1,3-4,6-7H,2,5H2,(H,11,12). The van der Waals surface area contributed by atoms with E-state index >= 15 is 0 Å². The fourth-order valence-electron chi connectivity index (χ4n) is 0.833. The van der Waals surface area contributed by atoms with Gasteiger partial charge in [-0.3, -0.25) is 4.79 Å². The molecule has 0 spiro atoms.